The van der Waals surface area contributed by atoms with Crippen molar-refractivity contribution >= 4 is 37.8 Å². The van der Waals surface area contributed by atoms with Gasteiger partial charge in [0.05, 0.1) is 5.56 Å². The predicted molar refractivity (Wildman–Crippen MR) is 84.0 cm³/mol. The maximum absolute atomic E-state index is 11.2. The average Bonchev–Trinajstić information content (AvgIpc) is 2.42. The Morgan fingerprint density at radius 2 is 1.75 bits per heavy atom. The topological polar surface area (TPSA) is 57.5 Å². The Bertz CT molecular complexity index is 668. The molecule has 0 saturated carbocycles. The summed E-state index contributed by atoms with van der Waals surface area (Å²) in [6.07, 6.45) is -1.01. The number of hydrogen-bond donors (Lipinski definition) is 2. The van der Waals surface area contributed by atoms with E-state index < -0.39 is 12.1 Å². The van der Waals surface area contributed by atoms with Crippen LogP contribution in [-0.2, 0) is 0 Å². The van der Waals surface area contributed by atoms with Crippen molar-refractivity contribution in [1.82, 2.24) is 0 Å². The summed E-state index contributed by atoms with van der Waals surface area (Å²) >= 11 is 6.83. The van der Waals surface area contributed by atoms with Crippen LogP contribution in [0.5, 0.6) is 0 Å². The van der Waals surface area contributed by atoms with E-state index in [1.807, 2.05) is 13.0 Å². The number of aryl methyl sites for hydroxylation is 1. The summed E-state index contributed by atoms with van der Waals surface area (Å²) in [7, 11) is 0. The number of rotatable bonds is 3. The lowest BCUT2D eigenvalue weighted by Gasteiger charge is -2.16. The first-order chi connectivity index (χ1) is 9.41. The van der Waals surface area contributed by atoms with Gasteiger partial charge in [-0.2, -0.15) is 0 Å². The van der Waals surface area contributed by atoms with E-state index in [0.29, 0.717) is 11.1 Å². The van der Waals surface area contributed by atoms with Crippen molar-refractivity contribution in [2.75, 3.05) is 0 Å². The van der Waals surface area contributed by atoms with Crippen LogP contribution >= 0.6 is 31.9 Å². The Labute approximate surface area is 133 Å². The van der Waals surface area contributed by atoms with Crippen LogP contribution in [0.4, 0.5) is 0 Å². The number of carboxylic acid groups (broad SMARTS) is 1. The molecule has 2 aromatic carbocycles. The van der Waals surface area contributed by atoms with Gasteiger partial charge in [-0.25, -0.2) is 4.79 Å². The molecule has 0 amide bonds. The first-order valence-corrected chi connectivity index (χ1v) is 7.46. The van der Waals surface area contributed by atoms with Gasteiger partial charge in [-0.05, 0) is 36.2 Å². The summed E-state index contributed by atoms with van der Waals surface area (Å²) in [5.74, 6) is -1.05. The van der Waals surface area contributed by atoms with Crippen LogP contribution in [0.25, 0.3) is 0 Å². The number of aliphatic hydroxyl groups is 1. The highest BCUT2D eigenvalue weighted by Gasteiger charge is 2.20. The SMILES string of the molecule is Cc1cc(Br)c(C(O)c2ccccc2C(=O)O)cc1Br. The monoisotopic (exact) mass is 398 g/mol. The quantitative estimate of drug-likeness (QED) is 0.808. The maximum Gasteiger partial charge on any atom is 0.336 e. The minimum atomic E-state index is -1.05. The molecule has 0 saturated heterocycles. The molecule has 2 aromatic rings. The molecular weight excluding hydrogens is 388 g/mol. The van der Waals surface area contributed by atoms with E-state index >= 15 is 0 Å². The lowest BCUT2D eigenvalue weighted by atomic mass is 9.96. The van der Waals surface area contributed by atoms with Gasteiger partial charge in [-0.1, -0.05) is 50.1 Å². The van der Waals surface area contributed by atoms with E-state index in [4.69, 9.17) is 0 Å². The number of aromatic carboxylic acids is 1. The van der Waals surface area contributed by atoms with E-state index in [1.54, 1.807) is 24.3 Å². The number of carbonyl (C=O) groups is 1. The zero-order valence-electron chi connectivity index (χ0n) is 10.6. The van der Waals surface area contributed by atoms with Crippen molar-refractivity contribution in [3.8, 4) is 0 Å². The second kappa shape index (κ2) is 6.08. The van der Waals surface area contributed by atoms with Crippen LogP contribution in [0.1, 0.15) is 33.2 Å². The van der Waals surface area contributed by atoms with Crippen molar-refractivity contribution in [2.24, 2.45) is 0 Å². The van der Waals surface area contributed by atoms with Gasteiger partial charge >= 0.3 is 5.97 Å². The molecule has 20 heavy (non-hydrogen) atoms. The highest BCUT2D eigenvalue weighted by Crippen LogP contribution is 2.34. The third-order valence-corrected chi connectivity index (χ3v) is 4.60. The van der Waals surface area contributed by atoms with Gasteiger partial charge in [-0.3, -0.25) is 0 Å². The van der Waals surface area contributed by atoms with Crippen LogP contribution in [0.3, 0.4) is 0 Å². The fraction of sp³-hybridized carbons (Fsp3) is 0.133. The van der Waals surface area contributed by atoms with Gasteiger partial charge in [0, 0.05) is 14.5 Å². The van der Waals surface area contributed by atoms with Gasteiger partial charge in [-0.15, -0.1) is 0 Å². The molecule has 0 bridgehead atoms. The minimum Gasteiger partial charge on any atom is -0.478 e. The molecule has 1 atom stereocenters. The maximum atomic E-state index is 11.2. The van der Waals surface area contributed by atoms with Gasteiger partial charge in [0.25, 0.3) is 0 Å². The van der Waals surface area contributed by atoms with Gasteiger partial charge in [0.1, 0.15) is 6.10 Å². The van der Waals surface area contributed by atoms with E-state index in [2.05, 4.69) is 31.9 Å². The molecule has 3 nitrogen and oxygen atoms in total. The Balaban J connectivity index is 2.55. The van der Waals surface area contributed by atoms with Gasteiger partial charge < -0.3 is 10.2 Å². The summed E-state index contributed by atoms with van der Waals surface area (Å²) in [5, 5.41) is 19.7. The summed E-state index contributed by atoms with van der Waals surface area (Å²) in [6, 6.07) is 10.1. The zero-order chi connectivity index (χ0) is 14.9. The van der Waals surface area contributed by atoms with Crippen molar-refractivity contribution in [3.63, 3.8) is 0 Å². The summed E-state index contributed by atoms with van der Waals surface area (Å²) in [4.78, 5) is 11.2. The standard InChI is InChI=1S/C15H12Br2O3/c1-8-6-13(17)11(7-12(8)16)14(18)9-4-2-3-5-10(9)15(19)20/h2-7,14,18H,1H3,(H,19,20). The van der Waals surface area contributed by atoms with Gasteiger partial charge in [0.15, 0.2) is 0 Å². The zero-order valence-corrected chi connectivity index (χ0v) is 13.8. The molecule has 2 N–H and O–H groups in total. The molecular formula is C15H12Br2O3. The molecule has 0 fully saturated rings. The van der Waals surface area contributed by atoms with Crippen LogP contribution in [0.15, 0.2) is 45.3 Å². The molecule has 0 aromatic heterocycles. The molecule has 0 heterocycles. The summed E-state index contributed by atoms with van der Waals surface area (Å²) in [5.41, 5.74) is 2.12. The molecule has 5 heteroatoms. The third kappa shape index (κ3) is 2.95. The average molecular weight is 400 g/mol. The summed E-state index contributed by atoms with van der Waals surface area (Å²) in [6.45, 7) is 1.94. The fourth-order valence-electron chi connectivity index (χ4n) is 1.97. The Kier molecular flexibility index (Phi) is 4.62. The fourth-order valence-corrected chi connectivity index (χ4v) is 3.00. The normalized spacial score (nSPS) is 12.2. The molecule has 0 aliphatic heterocycles. The van der Waals surface area contributed by atoms with Crippen molar-refractivity contribution in [2.45, 2.75) is 13.0 Å². The van der Waals surface area contributed by atoms with E-state index in [1.165, 1.54) is 6.07 Å². The van der Waals surface area contributed by atoms with Crippen molar-refractivity contribution < 1.29 is 15.0 Å². The Hall–Kier alpha value is -1.17. The Morgan fingerprint density at radius 1 is 1.10 bits per heavy atom. The van der Waals surface area contributed by atoms with Crippen molar-refractivity contribution in [1.29, 1.82) is 0 Å². The molecule has 0 aliphatic rings. The second-order valence-corrected chi connectivity index (χ2v) is 6.13. The predicted octanol–water partition coefficient (Wildman–Crippen LogP) is 4.30. The van der Waals surface area contributed by atoms with E-state index in [-0.39, 0.29) is 5.56 Å². The van der Waals surface area contributed by atoms with Crippen LogP contribution < -0.4 is 0 Å². The first kappa shape index (κ1) is 15.2. The van der Waals surface area contributed by atoms with Crippen molar-refractivity contribution in [3.05, 3.63) is 67.6 Å². The molecule has 0 spiro atoms. The van der Waals surface area contributed by atoms with E-state index in [0.717, 1.165) is 14.5 Å². The number of benzene rings is 2. The smallest absolute Gasteiger partial charge is 0.336 e. The van der Waals surface area contributed by atoms with Crippen LogP contribution in [0, 0.1) is 6.92 Å². The number of halogens is 2. The van der Waals surface area contributed by atoms with E-state index in [9.17, 15) is 15.0 Å². The number of aliphatic hydroxyl groups excluding tert-OH is 1. The largest absolute Gasteiger partial charge is 0.478 e. The molecule has 2 rings (SSSR count). The highest BCUT2D eigenvalue weighted by atomic mass is 79.9. The van der Waals surface area contributed by atoms with Crippen LogP contribution in [-0.4, -0.2) is 16.2 Å². The Morgan fingerprint density at radius 3 is 2.40 bits per heavy atom. The van der Waals surface area contributed by atoms with Gasteiger partial charge in [0.2, 0.25) is 0 Å². The van der Waals surface area contributed by atoms with Crippen LogP contribution in [0.2, 0.25) is 0 Å². The first-order valence-electron chi connectivity index (χ1n) is 5.87. The number of hydrogen-bond acceptors (Lipinski definition) is 2. The molecule has 104 valence electrons. The molecule has 1 unspecified atom stereocenters. The highest BCUT2D eigenvalue weighted by molar-refractivity contribution is 9.11. The molecule has 0 radical (unpaired) electrons. The lowest BCUT2D eigenvalue weighted by molar-refractivity contribution is 0.0691. The molecule has 0 aliphatic carbocycles. The minimum absolute atomic E-state index is 0.101. The lowest BCUT2D eigenvalue weighted by Crippen LogP contribution is -2.08. The summed E-state index contributed by atoms with van der Waals surface area (Å²) < 4.78 is 1.61. The number of carboxylic acids is 1. The second-order valence-electron chi connectivity index (χ2n) is 4.42. The third-order valence-electron chi connectivity index (χ3n) is 3.06.